The number of ether oxygens (including phenoxy) is 2. The summed E-state index contributed by atoms with van der Waals surface area (Å²) in [5.41, 5.74) is 2.60. The third-order valence-electron chi connectivity index (χ3n) is 4.70. The van der Waals surface area contributed by atoms with Crippen molar-refractivity contribution in [3.63, 3.8) is 0 Å². The minimum Gasteiger partial charge on any atom is -0.465 e. The minimum absolute atomic E-state index is 0.0575. The average molecular weight is 469 g/mol. The van der Waals surface area contributed by atoms with E-state index in [4.69, 9.17) is 9.47 Å². The fourth-order valence-electron chi connectivity index (χ4n) is 3.18. The Labute approximate surface area is 195 Å². The summed E-state index contributed by atoms with van der Waals surface area (Å²) in [6.45, 7) is 4.64. The molecule has 0 saturated carbocycles. The Morgan fingerprint density at radius 3 is 2.24 bits per heavy atom. The number of hydrogen-bond acceptors (Lipinski definition) is 8. The molecule has 0 spiro atoms. The molecule has 0 radical (unpaired) electrons. The van der Waals surface area contributed by atoms with E-state index < -0.39 is 11.9 Å². The van der Waals surface area contributed by atoms with Gasteiger partial charge in [0.1, 0.15) is 0 Å². The van der Waals surface area contributed by atoms with Gasteiger partial charge in [-0.15, -0.1) is 10.2 Å². The van der Waals surface area contributed by atoms with E-state index in [1.54, 1.807) is 0 Å². The molecule has 172 valence electrons. The van der Waals surface area contributed by atoms with Crippen molar-refractivity contribution in [1.82, 2.24) is 14.8 Å². The lowest BCUT2D eigenvalue weighted by molar-refractivity contribution is -0.113. The van der Waals surface area contributed by atoms with Crippen LogP contribution in [0.1, 0.15) is 33.2 Å². The summed E-state index contributed by atoms with van der Waals surface area (Å²) in [5.74, 6) is -0.809. The first-order valence-electron chi connectivity index (χ1n) is 10.1. The fourth-order valence-corrected chi connectivity index (χ4v) is 3.98. The predicted molar refractivity (Wildman–Crippen MR) is 124 cm³/mol. The van der Waals surface area contributed by atoms with E-state index in [0.717, 1.165) is 17.0 Å². The standard InChI is InChI=1S/C23H24N4O5S/c1-5-27-20(15-8-6-7-14(2)9-15)25-26-23(27)33-13-19(28)24-18-11-16(21(29)31-3)10-17(12-18)22(30)32-4/h6-12H,5,13H2,1-4H3,(H,24,28). The van der Waals surface area contributed by atoms with Gasteiger partial charge >= 0.3 is 11.9 Å². The van der Waals surface area contributed by atoms with Crippen molar-refractivity contribution < 1.29 is 23.9 Å². The van der Waals surface area contributed by atoms with Gasteiger partial charge in [0.2, 0.25) is 5.91 Å². The molecular formula is C23H24N4O5S. The number of esters is 2. The van der Waals surface area contributed by atoms with E-state index in [1.165, 1.54) is 44.2 Å². The number of carbonyl (C=O) groups is 3. The third-order valence-corrected chi connectivity index (χ3v) is 5.67. The molecule has 0 aliphatic carbocycles. The largest absolute Gasteiger partial charge is 0.465 e. The highest BCUT2D eigenvalue weighted by atomic mass is 32.2. The van der Waals surface area contributed by atoms with Crippen molar-refractivity contribution >= 4 is 35.3 Å². The molecule has 0 saturated heterocycles. The second-order valence-electron chi connectivity index (χ2n) is 7.04. The number of nitrogens with zero attached hydrogens (tertiary/aromatic N) is 3. The summed E-state index contributed by atoms with van der Waals surface area (Å²) in [7, 11) is 2.47. The Bertz CT molecular complexity index is 1160. The summed E-state index contributed by atoms with van der Waals surface area (Å²) < 4.78 is 11.4. The van der Waals surface area contributed by atoms with Crippen molar-refractivity contribution in [2.45, 2.75) is 25.5 Å². The van der Waals surface area contributed by atoms with Gasteiger partial charge in [0.05, 0.1) is 31.1 Å². The van der Waals surface area contributed by atoms with Crippen LogP contribution in [-0.4, -0.2) is 52.6 Å². The Kier molecular flexibility index (Phi) is 7.83. The van der Waals surface area contributed by atoms with Crippen LogP contribution >= 0.6 is 11.8 Å². The summed E-state index contributed by atoms with van der Waals surface area (Å²) in [6.07, 6.45) is 0. The highest BCUT2D eigenvalue weighted by molar-refractivity contribution is 7.99. The van der Waals surface area contributed by atoms with Crippen molar-refractivity contribution in [3.05, 3.63) is 59.2 Å². The number of hydrogen-bond donors (Lipinski definition) is 1. The summed E-state index contributed by atoms with van der Waals surface area (Å²) in [5, 5.41) is 11.9. The Morgan fingerprint density at radius 2 is 1.67 bits per heavy atom. The molecule has 3 rings (SSSR count). The Balaban J connectivity index is 1.74. The Hall–Kier alpha value is -3.66. The number of aryl methyl sites for hydroxylation is 1. The maximum absolute atomic E-state index is 12.6. The van der Waals surface area contributed by atoms with Crippen LogP contribution < -0.4 is 5.32 Å². The van der Waals surface area contributed by atoms with Gasteiger partial charge in [-0.25, -0.2) is 9.59 Å². The monoisotopic (exact) mass is 468 g/mol. The van der Waals surface area contributed by atoms with E-state index in [0.29, 0.717) is 11.7 Å². The van der Waals surface area contributed by atoms with Crippen LogP contribution in [0, 0.1) is 6.92 Å². The number of amides is 1. The number of aromatic nitrogens is 3. The van der Waals surface area contributed by atoms with Crippen molar-refractivity contribution in [1.29, 1.82) is 0 Å². The number of rotatable bonds is 8. The first-order chi connectivity index (χ1) is 15.9. The smallest absolute Gasteiger partial charge is 0.337 e. The molecule has 0 unspecified atom stereocenters. The fraction of sp³-hybridized carbons (Fsp3) is 0.261. The maximum atomic E-state index is 12.6. The Morgan fingerprint density at radius 1 is 1.00 bits per heavy atom. The van der Waals surface area contributed by atoms with Crippen LogP contribution in [0.4, 0.5) is 5.69 Å². The molecule has 10 heteroatoms. The number of thioether (sulfide) groups is 1. The lowest BCUT2D eigenvalue weighted by Crippen LogP contribution is -2.16. The van der Waals surface area contributed by atoms with E-state index in [2.05, 4.69) is 15.5 Å². The van der Waals surface area contributed by atoms with E-state index in [-0.39, 0.29) is 28.5 Å². The second-order valence-corrected chi connectivity index (χ2v) is 7.98. The maximum Gasteiger partial charge on any atom is 0.337 e. The van der Waals surface area contributed by atoms with Crippen LogP contribution in [0.2, 0.25) is 0 Å². The van der Waals surface area contributed by atoms with Crippen LogP contribution in [-0.2, 0) is 20.8 Å². The normalized spacial score (nSPS) is 10.5. The van der Waals surface area contributed by atoms with Gasteiger partial charge in [-0.1, -0.05) is 35.5 Å². The molecular weight excluding hydrogens is 444 g/mol. The summed E-state index contributed by atoms with van der Waals surface area (Å²) in [6, 6.07) is 12.2. The number of benzene rings is 2. The molecule has 0 aliphatic heterocycles. The molecule has 1 heterocycles. The second kappa shape index (κ2) is 10.8. The molecule has 0 aliphatic rings. The van der Waals surface area contributed by atoms with Crippen LogP contribution in [0.5, 0.6) is 0 Å². The number of methoxy groups -OCH3 is 2. The summed E-state index contributed by atoms with van der Waals surface area (Å²) in [4.78, 5) is 36.4. The SMILES string of the molecule is CCn1c(SCC(=O)Nc2cc(C(=O)OC)cc(C(=O)OC)c2)nnc1-c1cccc(C)c1. The molecule has 9 nitrogen and oxygen atoms in total. The van der Waals surface area contributed by atoms with E-state index in [9.17, 15) is 14.4 Å². The van der Waals surface area contributed by atoms with Crippen molar-refractivity contribution in [2.24, 2.45) is 0 Å². The van der Waals surface area contributed by atoms with Crippen molar-refractivity contribution in [2.75, 3.05) is 25.3 Å². The highest BCUT2D eigenvalue weighted by Gasteiger charge is 2.17. The molecule has 1 N–H and O–H groups in total. The lowest BCUT2D eigenvalue weighted by Gasteiger charge is -2.10. The number of carbonyl (C=O) groups excluding carboxylic acids is 3. The quantitative estimate of drug-likeness (QED) is 0.394. The average Bonchev–Trinajstić information content (AvgIpc) is 3.24. The first kappa shape index (κ1) is 24.0. The molecule has 3 aromatic rings. The van der Waals surface area contributed by atoms with Gasteiger partial charge in [-0.3, -0.25) is 4.79 Å². The zero-order valence-corrected chi connectivity index (χ0v) is 19.6. The van der Waals surface area contributed by atoms with Gasteiger partial charge in [-0.2, -0.15) is 0 Å². The molecule has 2 aromatic carbocycles. The minimum atomic E-state index is -0.634. The van der Waals surface area contributed by atoms with Gasteiger partial charge < -0.3 is 19.4 Å². The topological polar surface area (TPSA) is 112 Å². The van der Waals surface area contributed by atoms with Crippen LogP contribution in [0.15, 0.2) is 47.6 Å². The molecule has 0 bridgehead atoms. The number of nitrogens with one attached hydrogen (secondary N) is 1. The lowest BCUT2D eigenvalue weighted by atomic mass is 10.1. The molecule has 1 amide bonds. The molecule has 0 fully saturated rings. The highest BCUT2D eigenvalue weighted by Crippen LogP contribution is 2.25. The van der Waals surface area contributed by atoms with Gasteiger partial charge in [0, 0.05) is 17.8 Å². The van der Waals surface area contributed by atoms with E-state index in [1.807, 2.05) is 42.7 Å². The molecule has 1 aromatic heterocycles. The summed E-state index contributed by atoms with van der Waals surface area (Å²) >= 11 is 1.24. The molecule has 0 atom stereocenters. The first-order valence-corrected chi connectivity index (χ1v) is 11.1. The van der Waals surface area contributed by atoms with Gasteiger partial charge in [0.25, 0.3) is 0 Å². The zero-order chi connectivity index (χ0) is 24.0. The van der Waals surface area contributed by atoms with Gasteiger partial charge in [-0.05, 0) is 38.1 Å². The number of anilines is 1. The van der Waals surface area contributed by atoms with Crippen LogP contribution in [0.25, 0.3) is 11.4 Å². The van der Waals surface area contributed by atoms with E-state index >= 15 is 0 Å². The van der Waals surface area contributed by atoms with Gasteiger partial charge in [0.15, 0.2) is 11.0 Å². The predicted octanol–water partition coefficient (Wildman–Crippen LogP) is 3.58. The zero-order valence-electron chi connectivity index (χ0n) is 18.7. The van der Waals surface area contributed by atoms with Crippen LogP contribution in [0.3, 0.4) is 0 Å². The molecule has 33 heavy (non-hydrogen) atoms. The third kappa shape index (κ3) is 5.78. The van der Waals surface area contributed by atoms with Crippen molar-refractivity contribution in [3.8, 4) is 11.4 Å².